The van der Waals surface area contributed by atoms with Crippen LogP contribution in [0.1, 0.15) is 17.2 Å². The van der Waals surface area contributed by atoms with E-state index in [1.54, 1.807) is 19.4 Å². The normalized spacial score (nSPS) is 12.2. The molecule has 19 heavy (non-hydrogen) atoms. The minimum Gasteiger partial charge on any atom is -0.497 e. The molecule has 0 saturated heterocycles. The van der Waals surface area contributed by atoms with Gasteiger partial charge in [-0.2, -0.15) is 0 Å². The number of hydrogen-bond donors (Lipinski definition) is 2. The minimum atomic E-state index is -0.367. The molecule has 100 valence electrons. The third-order valence-electron chi connectivity index (χ3n) is 2.95. The van der Waals surface area contributed by atoms with Gasteiger partial charge < -0.3 is 4.74 Å². The molecule has 3 N–H and O–H groups in total. The topological polar surface area (TPSA) is 60.2 Å². The molecule has 0 amide bonds. The van der Waals surface area contributed by atoms with Crippen LogP contribution < -0.4 is 16.0 Å². The van der Waals surface area contributed by atoms with Crippen molar-refractivity contribution in [1.82, 2.24) is 10.4 Å². The summed E-state index contributed by atoms with van der Waals surface area (Å²) in [6.45, 7) is 0. The molecule has 1 unspecified atom stereocenters. The first-order valence-electron chi connectivity index (χ1n) is 5.93. The van der Waals surface area contributed by atoms with Crippen molar-refractivity contribution in [1.29, 1.82) is 0 Å². The van der Waals surface area contributed by atoms with Crippen LogP contribution in [0.25, 0.3) is 0 Å². The number of nitrogens with one attached hydrogen (secondary N) is 1. The highest BCUT2D eigenvalue weighted by Crippen LogP contribution is 2.22. The molecule has 1 aromatic heterocycles. The number of halogens is 1. The van der Waals surface area contributed by atoms with Crippen LogP contribution in [0.15, 0.2) is 42.7 Å². The molecular weight excluding hydrogens is 245 g/mol. The Morgan fingerprint density at radius 1 is 1.42 bits per heavy atom. The SMILES string of the molecule is COc1cccc(CC(NN)c2ccncc2F)c1. The quantitative estimate of drug-likeness (QED) is 0.638. The zero-order chi connectivity index (χ0) is 13.7. The molecule has 0 fully saturated rings. The van der Waals surface area contributed by atoms with Gasteiger partial charge in [0.2, 0.25) is 0 Å². The summed E-state index contributed by atoms with van der Waals surface area (Å²) in [5.41, 5.74) is 4.15. The van der Waals surface area contributed by atoms with Gasteiger partial charge in [0.05, 0.1) is 19.3 Å². The Bertz CT molecular complexity index is 548. The number of pyridine rings is 1. The lowest BCUT2D eigenvalue weighted by molar-refractivity contribution is 0.413. The fraction of sp³-hybridized carbons (Fsp3) is 0.214. The average Bonchev–Trinajstić information content (AvgIpc) is 2.46. The molecule has 5 heteroatoms. The second-order valence-electron chi connectivity index (χ2n) is 4.17. The van der Waals surface area contributed by atoms with Crippen LogP contribution in [0.5, 0.6) is 5.75 Å². The van der Waals surface area contributed by atoms with Crippen molar-refractivity contribution < 1.29 is 9.13 Å². The summed E-state index contributed by atoms with van der Waals surface area (Å²) in [4.78, 5) is 3.73. The second-order valence-corrected chi connectivity index (χ2v) is 4.17. The van der Waals surface area contributed by atoms with Gasteiger partial charge in [-0.15, -0.1) is 0 Å². The van der Waals surface area contributed by atoms with Crippen LogP contribution in [-0.4, -0.2) is 12.1 Å². The average molecular weight is 261 g/mol. The second kappa shape index (κ2) is 6.26. The fourth-order valence-corrected chi connectivity index (χ4v) is 1.96. The standard InChI is InChI=1S/C14H16FN3O/c1-19-11-4-2-3-10(7-11)8-14(18-16)12-5-6-17-9-13(12)15/h2-7,9,14,18H,8,16H2,1H3. The number of methoxy groups -OCH3 is 1. The number of nitrogens with two attached hydrogens (primary N) is 1. The Hall–Kier alpha value is -1.98. The number of hydrogen-bond acceptors (Lipinski definition) is 4. The fourth-order valence-electron chi connectivity index (χ4n) is 1.96. The maximum atomic E-state index is 13.7. The van der Waals surface area contributed by atoms with Crippen molar-refractivity contribution in [2.45, 2.75) is 12.5 Å². The van der Waals surface area contributed by atoms with E-state index in [0.29, 0.717) is 12.0 Å². The van der Waals surface area contributed by atoms with Crippen molar-refractivity contribution in [2.75, 3.05) is 7.11 Å². The molecule has 0 saturated carbocycles. The maximum Gasteiger partial charge on any atom is 0.146 e. The predicted molar refractivity (Wildman–Crippen MR) is 71.0 cm³/mol. The van der Waals surface area contributed by atoms with Gasteiger partial charge in [0.1, 0.15) is 11.6 Å². The molecule has 0 aliphatic heterocycles. The molecule has 2 aromatic rings. The van der Waals surface area contributed by atoms with E-state index in [2.05, 4.69) is 10.4 Å². The van der Waals surface area contributed by atoms with E-state index in [9.17, 15) is 4.39 Å². The Morgan fingerprint density at radius 2 is 2.26 bits per heavy atom. The summed E-state index contributed by atoms with van der Waals surface area (Å²) in [6, 6.07) is 8.93. The maximum absolute atomic E-state index is 13.7. The zero-order valence-electron chi connectivity index (χ0n) is 10.6. The van der Waals surface area contributed by atoms with Crippen molar-refractivity contribution >= 4 is 0 Å². The van der Waals surface area contributed by atoms with Crippen molar-refractivity contribution in [2.24, 2.45) is 5.84 Å². The molecule has 2 rings (SSSR count). The van der Waals surface area contributed by atoms with Gasteiger partial charge in [0.15, 0.2) is 0 Å². The lowest BCUT2D eigenvalue weighted by Crippen LogP contribution is -2.30. The first kappa shape index (κ1) is 13.5. The molecule has 0 spiro atoms. The summed E-state index contributed by atoms with van der Waals surface area (Å²) in [7, 11) is 1.61. The molecule has 0 bridgehead atoms. The molecule has 0 aliphatic rings. The van der Waals surface area contributed by atoms with Crippen LogP contribution >= 0.6 is 0 Å². The van der Waals surface area contributed by atoms with Gasteiger partial charge in [-0.05, 0) is 30.2 Å². The van der Waals surface area contributed by atoms with Gasteiger partial charge in [0, 0.05) is 11.8 Å². The third-order valence-corrected chi connectivity index (χ3v) is 2.95. The van der Waals surface area contributed by atoms with Gasteiger partial charge in [-0.25, -0.2) is 4.39 Å². The predicted octanol–water partition coefficient (Wildman–Crippen LogP) is 1.98. The minimum absolute atomic E-state index is 0.310. The highest BCUT2D eigenvalue weighted by atomic mass is 19.1. The van der Waals surface area contributed by atoms with Crippen LogP contribution in [0, 0.1) is 5.82 Å². The van der Waals surface area contributed by atoms with E-state index >= 15 is 0 Å². The first-order valence-corrected chi connectivity index (χ1v) is 5.93. The van der Waals surface area contributed by atoms with E-state index in [4.69, 9.17) is 10.6 Å². The van der Waals surface area contributed by atoms with Gasteiger partial charge in [-0.3, -0.25) is 16.3 Å². The highest BCUT2D eigenvalue weighted by molar-refractivity contribution is 5.30. The number of hydrazine groups is 1. The molecule has 1 heterocycles. The third kappa shape index (κ3) is 3.27. The number of benzene rings is 1. The molecule has 1 aromatic carbocycles. The van der Waals surface area contributed by atoms with Crippen LogP contribution in [-0.2, 0) is 6.42 Å². The smallest absolute Gasteiger partial charge is 0.146 e. The van der Waals surface area contributed by atoms with Crippen molar-refractivity contribution in [3.63, 3.8) is 0 Å². The zero-order valence-corrected chi connectivity index (χ0v) is 10.6. The highest BCUT2D eigenvalue weighted by Gasteiger charge is 2.15. The van der Waals surface area contributed by atoms with E-state index in [1.807, 2.05) is 24.3 Å². The molecule has 0 aliphatic carbocycles. The molecular formula is C14H16FN3O. The monoisotopic (exact) mass is 261 g/mol. The van der Waals surface area contributed by atoms with Gasteiger partial charge in [0.25, 0.3) is 0 Å². The summed E-state index contributed by atoms with van der Waals surface area (Å²) in [5, 5.41) is 0. The summed E-state index contributed by atoms with van der Waals surface area (Å²) >= 11 is 0. The van der Waals surface area contributed by atoms with Gasteiger partial charge in [-0.1, -0.05) is 12.1 Å². The van der Waals surface area contributed by atoms with Crippen LogP contribution in [0.2, 0.25) is 0 Å². The number of nitrogens with zero attached hydrogens (tertiary/aromatic N) is 1. The molecule has 4 nitrogen and oxygen atoms in total. The van der Waals surface area contributed by atoms with E-state index in [0.717, 1.165) is 11.3 Å². The Morgan fingerprint density at radius 3 is 2.95 bits per heavy atom. The number of aromatic nitrogens is 1. The van der Waals surface area contributed by atoms with Crippen LogP contribution in [0.4, 0.5) is 4.39 Å². The lowest BCUT2D eigenvalue weighted by Gasteiger charge is -2.17. The summed E-state index contributed by atoms with van der Waals surface area (Å²) in [6.07, 6.45) is 3.30. The van der Waals surface area contributed by atoms with Crippen molar-refractivity contribution in [3.05, 3.63) is 59.7 Å². The van der Waals surface area contributed by atoms with E-state index in [1.165, 1.54) is 6.20 Å². The Kier molecular flexibility index (Phi) is 4.43. The van der Waals surface area contributed by atoms with E-state index < -0.39 is 0 Å². The lowest BCUT2D eigenvalue weighted by atomic mass is 10.00. The van der Waals surface area contributed by atoms with Gasteiger partial charge >= 0.3 is 0 Å². The Labute approximate surface area is 111 Å². The van der Waals surface area contributed by atoms with Crippen LogP contribution in [0.3, 0.4) is 0 Å². The number of ether oxygens (including phenoxy) is 1. The largest absolute Gasteiger partial charge is 0.497 e. The summed E-state index contributed by atoms with van der Waals surface area (Å²) in [5.74, 6) is 5.92. The van der Waals surface area contributed by atoms with E-state index in [-0.39, 0.29) is 11.9 Å². The molecule has 0 radical (unpaired) electrons. The Balaban J connectivity index is 2.21. The summed E-state index contributed by atoms with van der Waals surface area (Å²) < 4.78 is 18.9. The molecule has 1 atom stereocenters. The number of rotatable bonds is 5. The first-order chi connectivity index (χ1) is 9.24. The van der Waals surface area contributed by atoms with Crippen molar-refractivity contribution in [3.8, 4) is 5.75 Å².